The number of fused-ring (bicyclic) bond motifs is 3. The van der Waals surface area contributed by atoms with Gasteiger partial charge < -0.3 is 9.47 Å². The van der Waals surface area contributed by atoms with Gasteiger partial charge in [0.05, 0.1) is 10.5 Å². The molecule has 2 bridgehead atoms. The highest BCUT2D eigenvalue weighted by Crippen LogP contribution is 2.67. The molecule has 0 fully saturated rings. The molecule has 0 radical (unpaired) electrons. The topological polar surface area (TPSA) is 52.6 Å². The number of thioether (sulfide) groups is 1. The normalized spacial score (nSPS) is 18.1. The molecule has 4 nitrogen and oxygen atoms in total. The van der Waals surface area contributed by atoms with Crippen molar-refractivity contribution in [3.63, 3.8) is 0 Å². The molecule has 4 aromatic carbocycles. The second-order valence-corrected chi connectivity index (χ2v) is 9.12. The monoisotopic (exact) mass is 426 g/mol. The summed E-state index contributed by atoms with van der Waals surface area (Å²) in [5, 5.41) is 3.96. The molecule has 2 atom stereocenters. The van der Waals surface area contributed by atoms with Gasteiger partial charge in [-0.1, -0.05) is 60.7 Å². The number of hydrogen-bond donors (Lipinski definition) is 0. The van der Waals surface area contributed by atoms with Gasteiger partial charge >= 0.3 is 11.9 Å². The van der Waals surface area contributed by atoms with Crippen molar-refractivity contribution in [2.45, 2.75) is 24.3 Å². The highest BCUT2D eigenvalue weighted by molar-refractivity contribution is 8.00. The number of carbonyl (C=O) groups excluding carboxylic acids is 2. The van der Waals surface area contributed by atoms with Crippen molar-refractivity contribution in [3.8, 4) is 11.5 Å². The summed E-state index contributed by atoms with van der Waals surface area (Å²) in [6, 6.07) is 20.3. The van der Waals surface area contributed by atoms with E-state index in [9.17, 15) is 9.59 Å². The summed E-state index contributed by atoms with van der Waals surface area (Å²) in [6.45, 7) is 2.84. The fraction of sp³-hybridized carbons (Fsp3) is 0.154. The molecule has 0 amide bonds. The lowest BCUT2D eigenvalue weighted by Gasteiger charge is -2.24. The zero-order valence-corrected chi connectivity index (χ0v) is 17.8. The van der Waals surface area contributed by atoms with Gasteiger partial charge in [0.15, 0.2) is 0 Å². The Hall–Kier alpha value is -3.31. The Morgan fingerprint density at radius 2 is 1.19 bits per heavy atom. The SMILES string of the molecule is CC(=O)Oc1c2c(c(OC(C)=O)c3ccccc13)C1SC2c2cccc3cccc1c23. The Kier molecular flexibility index (Phi) is 3.93. The van der Waals surface area contributed by atoms with E-state index in [4.69, 9.17) is 9.47 Å². The fourth-order valence-corrected chi connectivity index (χ4v) is 6.71. The van der Waals surface area contributed by atoms with Crippen molar-refractivity contribution in [1.29, 1.82) is 0 Å². The van der Waals surface area contributed by atoms with Crippen molar-refractivity contribution >= 4 is 45.2 Å². The molecule has 0 saturated carbocycles. The lowest BCUT2D eigenvalue weighted by atomic mass is 9.93. The summed E-state index contributed by atoms with van der Waals surface area (Å²) in [5.41, 5.74) is 4.27. The smallest absolute Gasteiger partial charge is 0.308 e. The molecule has 2 unspecified atom stereocenters. The van der Waals surface area contributed by atoms with Crippen LogP contribution in [0.4, 0.5) is 0 Å². The summed E-state index contributed by atoms with van der Waals surface area (Å²) >= 11 is 1.81. The van der Waals surface area contributed by atoms with E-state index in [0.717, 1.165) is 21.9 Å². The van der Waals surface area contributed by atoms with Gasteiger partial charge in [0.2, 0.25) is 0 Å². The zero-order valence-electron chi connectivity index (χ0n) is 17.0. The van der Waals surface area contributed by atoms with E-state index in [1.54, 1.807) is 0 Å². The number of esters is 2. The third kappa shape index (κ3) is 2.56. The molecule has 152 valence electrons. The average Bonchev–Trinajstić information content (AvgIpc) is 3.10. The largest absolute Gasteiger partial charge is 0.426 e. The molecule has 2 aliphatic rings. The van der Waals surface area contributed by atoms with Crippen LogP contribution >= 0.6 is 11.8 Å². The van der Waals surface area contributed by atoms with E-state index in [2.05, 4.69) is 36.4 Å². The second-order valence-electron chi connectivity index (χ2n) is 7.91. The summed E-state index contributed by atoms with van der Waals surface area (Å²) in [6.07, 6.45) is 0. The van der Waals surface area contributed by atoms with E-state index in [0.29, 0.717) is 11.5 Å². The van der Waals surface area contributed by atoms with E-state index in [1.807, 2.05) is 36.0 Å². The first-order valence-corrected chi connectivity index (χ1v) is 11.1. The highest BCUT2D eigenvalue weighted by Gasteiger charge is 2.45. The Balaban J connectivity index is 1.78. The highest BCUT2D eigenvalue weighted by atomic mass is 32.2. The molecule has 5 heteroatoms. The molecule has 1 aliphatic carbocycles. The number of benzene rings is 4. The number of hydrogen-bond acceptors (Lipinski definition) is 5. The van der Waals surface area contributed by atoms with Crippen LogP contribution in [0.25, 0.3) is 21.5 Å². The van der Waals surface area contributed by atoms with Crippen molar-refractivity contribution in [1.82, 2.24) is 0 Å². The van der Waals surface area contributed by atoms with Crippen LogP contribution in [0.15, 0.2) is 60.7 Å². The van der Waals surface area contributed by atoms with E-state index in [1.165, 1.54) is 35.7 Å². The Morgan fingerprint density at radius 3 is 1.65 bits per heavy atom. The lowest BCUT2D eigenvalue weighted by Crippen LogP contribution is -2.10. The fourth-order valence-electron chi connectivity index (χ4n) is 5.01. The standard InChI is InChI=1S/C26H18O4S/c1-13(27)29-23-16-9-3-4-10-17(16)24(30-14(2)28)22-21(23)25-18-11-5-7-15-8-6-12-19(20(15)18)26(22)31-25/h3-12,25-26H,1-2H3. The van der Waals surface area contributed by atoms with Gasteiger partial charge in [0.25, 0.3) is 0 Å². The van der Waals surface area contributed by atoms with Gasteiger partial charge in [-0.2, -0.15) is 0 Å². The van der Waals surface area contributed by atoms with E-state index < -0.39 is 0 Å². The van der Waals surface area contributed by atoms with Crippen molar-refractivity contribution in [3.05, 3.63) is 82.9 Å². The van der Waals surface area contributed by atoms with Crippen LogP contribution in [0.2, 0.25) is 0 Å². The minimum atomic E-state index is -0.366. The Morgan fingerprint density at radius 1 is 0.710 bits per heavy atom. The minimum absolute atomic E-state index is 0.00753. The summed E-state index contributed by atoms with van der Waals surface area (Å²) in [7, 11) is 0. The molecule has 1 aliphatic heterocycles. The van der Waals surface area contributed by atoms with Crippen molar-refractivity contribution in [2.75, 3.05) is 0 Å². The van der Waals surface area contributed by atoms with Crippen LogP contribution in [0.5, 0.6) is 11.5 Å². The van der Waals surface area contributed by atoms with E-state index >= 15 is 0 Å². The quantitative estimate of drug-likeness (QED) is 0.287. The second kappa shape index (κ2) is 6.59. The van der Waals surface area contributed by atoms with Crippen LogP contribution in [-0.2, 0) is 9.59 Å². The molecule has 4 aromatic rings. The predicted octanol–water partition coefficient (Wildman–Crippen LogP) is 6.08. The average molecular weight is 426 g/mol. The first-order chi connectivity index (χ1) is 15.0. The number of carbonyl (C=O) groups is 2. The Labute approximate surface area is 183 Å². The van der Waals surface area contributed by atoms with Crippen LogP contribution in [-0.4, -0.2) is 11.9 Å². The summed E-state index contributed by atoms with van der Waals surface area (Å²) in [5.74, 6) is 0.405. The summed E-state index contributed by atoms with van der Waals surface area (Å²) < 4.78 is 11.7. The molecule has 31 heavy (non-hydrogen) atoms. The molecule has 1 heterocycles. The molecule has 0 saturated heterocycles. The first kappa shape index (κ1) is 18.5. The van der Waals surface area contributed by atoms with Gasteiger partial charge in [0, 0.05) is 35.7 Å². The number of rotatable bonds is 2. The Bertz CT molecular complexity index is 1340. The third-order valence-corrected chi connectivity index (χ3v) is 7.54. The molecule has 0 aromatic heterocycles. The molecule has 0 spiro atoms. The van der Waals surface area contributed by atoms with Crippen molar-refractivity contribution in [2.24, 2.45) is 0 Å². The predicted molar refractivity (Wildman–Crippen MR) is 122 cm³/mol. The van der Waals surface area contributed by atoms with E-state index in [-0.39, 0.29) is 22.4 Å². The van der Waals surface area contributed by atoms with Crippen LogP contribution in [0.3, 0.4) is 0 Å². The molecular formula is C26H18O4S. The first-order valence-electron chi connectivity index (χ1n) is 10.2. The maximum absolute atomic E-state index is 12.1. The van der Waals surface area contributed by atoms with Crippen LogP contribution in [0.1, 0.15) is 46.6 Å². The lowest BCUT2D eigenvalue weighted by molar-refractivity contribution is -0.133. The van der Waals surface area contributed by atoms with Gasteiger partial charge in [-0.05, 0) is 21.9 Å². The van der Waals surface area contributed by atoms with Gasteiger partial charge in [-0.25, -0.2) is 0 Å². The van der Waals surface area contributed by atoms with Crippen LogP contribution < -0.4 is 9.47 Å². The number of ether oxygens (including phenoxy) is 2. The molecule has 0 N–H and O–H groups in total. The maximum Gasteiger partial charge on any atom is 0.308 e. The molecule has 6 rings (SSSR count). The van der Waals surface area contributed by atoms with Gasteiger partial charge in [0.1, 0.15) is 11.5 Å². The van der Waals surface area contributed by atoms with Crippen molar-refractivity contribution < 1.29 is 19.1 Å². The summed E-state index contributed by atoms with van der Waals surface area (Å²) in [4.78, 5) is 24.2. The third-order valence-electron chi connectivity index (χ3n) is 6.02. The zero-order chi connectivity index (χ0) is 21.3. The van der Waals surface area contributed by atoms with Gasteiger partial charge in [-0.15, -0.1) is 11.8 Å². The van der Waals surface area contributed by atoms with Crippen LogP contribution in [0, 0.1) is 0 Å². The molecular weight excluding hydrogens is 408 g/mol. The maximum atomic E-state index is 12.1. The van der Waals surface area contributed by atoms with Gasteiger partial charge in [-0.3, -0.25) is 9.59 Å². The minimum Gasteiger partial charge on any atom is -0.426 e.